The number of rotatable bonds is 6. The van der Waals surface area contributed by atoms with Crippen molar-refractivity contribution in [2.24, 2.45) is 0 Å². The van der Waals surface area contributed by atoms with Crippen molar-refractivity contribution in [3.05, 3.63) is 41.7 Å². The number of aromatic nitrogens is 3. The summed E-state index contributed by atoms with van der Waals surface area (Å²) in [5, 5.41) is 3.11. The van der Waals surface area contributed by atoms with Gasteiger partial charge in [-0.3, -0.25) is 4.79 Å². The first-order valence-corrected chi connectivity index (χ1v) is 10.7. The van der Waals surface area contributed by atoms with E-state index in [9.17, 15) is 4.79 Å². The van der Waals surface area contributed by atoms with Gasteiger partial charge in [-0.05, 0) is 31.2 Å². The topological polar surface area (TPSA) is 83.5 Å². The highest BCUT2D eigenvalue weighted by Crippen LogP contribution is 2.35. The Bertz CT molecular complexity index is 861. The lowest BCUT2D eigenvalue weighted by molar-refractivity contribution is -0.130. The van der Waals surface area contributed by atoms with Crippen molar-refractivity contribution in [2.45, 2.75) is 37.6 Å². The quantitative estimate of drug-likeness (QED) is 0.779. The average molecular weight is 411 g/mol. The Labute approximate surface area is 177 Å². The van der Waals surface area contributed by atoms with Crippen molar-refractivity contribution in [2.75, 3.05) is 50.2 Å². The molecule has 1 N–H and O–H groups in total. The molecule has 4 rings (SSSR count). The smallest absolute Gasteiger partial charge is 0.231 e. The van der Waals surface area contributed by atoms with Crippen LogP contribution in [0.15, 0.2) is 30.3 Å². The normalized spacial score (nSPS) is 18.3. The van der Waals surface area contributed by atoms with Gasteiger partial charge in [-0.1, -0.05) is 30.3 Å². The SMILES string of the molecule is CN(C)c1nc(CNC(=O)C2(c3ccccc3)CCOCC2)nc(N2CCCC2)n1. The third-order valence-corrected chi connectivity index (χ3v) is 5.96. The number of hydrogen-bond acceptors (Lipinski definition) is 7. The molecule has 0 spiro atoms. The molecule has 0 unspecified atom stereocenters. The highest BCUT2D eigenvalue weighted by atomic mass is 16.5. The number of benzene rings is 1. The zero-order valence-electron chi connectivity index (χ0n) is 17.8. The van der Waals surface area contributed by atoms with Gasteiger partial charge in [0, 0.05) is 40.4 Å². The van der Waals surface area contributed by atoms with Crippen LogP contribution >= 0.6 is 0 Å². The summed E-state index contributed by atoms with van der Waals surface area (Å²) in [5.41, 5.74) is 0.461. The molecule has 1 amide bonds. The van der Waals surface area contributed by atoms with E-state index in [-0.39, 0.29) is 12.5 Å². The molecule has 0 aliphatic carbocycles. The lowest BCUT2D eigenvalue weighted by Crippen LogP contribution is -2.48. The lowest BCUT2D eigenvalue weighted by Gasteiger charge is -2.36. The van der Waals surface area contributed by atoms with E-state index >= 15 is 0 Å². The molecule has 3 heterocycles. The fourth-order valence-electron chi connectivity index (χ4n) is 4.19. The molecule has 8 heteroatoms. The number of carbonyl (C=O) groups excluding carboxylic acids is 1. The zero-order chi connectivity index (χ0) is 21.0. The van der Waals surface area contributed by atoms with Crippen LogP contribution in [-0.2, 0) is 21.5 Å². The molecule has 2 fully saturated rings. The van der Waals surface area contributed by atoms with Gasteiger partial charge in [-0.2, -0.15) is 15.0 Å². The van der Waals surface area contributed by atoms with Crippen LogP contribution in [-0.4, -0.2) is 61.3 Å². The lowest BCUT2D eigenvalue weighted by atomic mass is 9.73. The Hall–Kier alpha value is -2.74. The predicted molar refractivity (Wildman–Crippen MR) is 116 cm³/mol. The summed E-state index contributed by atoms with van der Waals surface area (Å²) in [4.78, 5) is 31.2. The minimum absolute atomic E-state index is 0.00605. The Morgan fingerprint density at radius 1 is 1.10 bits per heavy atom. The molecular formula is C22H30N6O2. The summed E-state index contributed by atoms with van der Waals surface area (Å²) in [6.07, 6.45) is 3.64. The Balaban J connectivity index is 1.55. The number of carbonyl (C=O) groups is 1. The third kappa shape index (κ3) is 4.23. The van der Waals surface area contributed by atoms with Gasteiger partial charge in [-0.25, -0.2) is 0 Å². The number of anilines is 2. The van der Waals surface area contributed by atoms with E-state index in [4.69, 9.17) is 4.74 Å². The summed E-state index contributed by atoms with van der Waals surface area (Å²) >= 11 is 0. The van der Waals surface area contributed by atoms with Crippen molar-refractivity contribution in [3.63, 3.8) is 0 Å². The highest BCUT2D eigenvalue weighted by molar-refractivity contribution is 5.88. The summed E-state index contributed by atoms with van der Waals surface area (Å²) < 4.78 is 5.55. The molecule has 1 aromatic carbocycles. The molecule has 2 aliphatic heterocycles. The fourth-order valence-corrected chi connectivity index (χ4v) is 4.19. The van der Waals surface area contributed by atoms with Gasteiger partial charge in [0.25, 0.3) is 0 Å². The minimum atomic E-state index is -0.575. The van der Waals surface area contributed by atoms with Gasteiger partial charge >= 0.3 is 0 Å². The van der Waals surface area contributed by atoms with E-state index < -0.39 is 5.41 Å². The minimum Gasteiger partial charge on any atom is -0.381 e. The summed E-state index contributed by atoms with van der Waals surface area (Å²) in [6, 6.07) is 10.0. The molecule has 0 bridgehead atoms. The van der Waals surface area contributed by atoms with Crippen molar-refractivity contribution in [1.82, 2.24) is 20.3 Å². The number of hydrogen-bond donors (Lipinski definition) is 1. The summed E-state index contributed by atoms with van der Waals surface area (Å²) in [7, 11) is 3.83. The molecule has 1 aromatic heterocycles. The van der Waals surface area contributed by atoms with Gasteiger partial charge in [-0.15, -0.1) is 0 Å². The molecule has 2 aliphatic rings. The molecule has 0 atom stereocenters. The highest BCUT2D eigenvalue weighted by Gasteiger charge is 2.41. The molecule has 160 valence electrons. The molecule has 30 heavy (non-hydrogen) atoms. The number of amides is 1. The maximum Gasteiger partial charge on any atom is 0.231 e. The zero-order valence-corrected chi connectivity index (χ0v) is 17.8. The van der Waals surface area contributed by atoms with Gasteiger partial charge in [0.05, 0.1) is 12.0 Å². The fraction of sp³-hybridized carbons (Fsp3) is 0.545. The second-order valence-electron chi connectivity index (χ2n) is 8.18. The molecule has 8 nitrogen and oxygen atoms in total. The Morgan fingerprint density at radius 3 is 2.47 bits per heavy atom. The van der Waals surface area contributed by atoms with Crippen LogP contribution in [0.4, 0.5) is 11.9 Å². The monoisotopic (exact) mass is 410 g/mol. The van der Waals surface area contributed by atoms with Gasteiger partial charge in [0.15, 0.2) is 5.82 Å². The van der Waals surface area contributed by atoms with Crippen LogP contribution in [0.25, 0.3) is 0 Å². The van der Waals surface area contributed by atoms with E-state index in [0.29, 0.717) is 43.8 Å². The second-order valence-corrected chi connectivity index (χ2v) is 8.18. The summed E-state index contributed by atoms with van der Waals surface area (Å²) in [6.45, 7) is 3.36. The van der Waals surface area contributed by atoms with E-state index in [2.05, 4.69) is 25.2 Å². The Morgan fingerprint density at radius 2 is 1.80 bits per heavy atom. The van der Waals surface area contributed by atoms with E-state index in [1.807, 2.05) is 49.3 Å². The number of nitrogens with zero attached hydrogens (tertiary/aromatic N) is 5. The van der Waals surface area contributed by atoms with Crippen LogP contribution in [0.2, 0.25) is 0 Å². The van der Waals surface area contributed by atoms with Gasteiger partial charge < -0.3 is 19.9 Å². The Kier molecular flexibility index (Phi) is 6.13. The molecule has 0 saturated carbocycles. The first-order chi connectivity index (χ1) is 14.6. The maximum absolute atomic E-state index is 13.4. The molecule has 2 saturated heterocycles. The average Bonchev–Trinajstić information content (AvgIpc) is 3.33. The largest absolute Gasteiger partial charge is 0.381 e. The predicted octanol–water partition coefficient (Wildman–Crippen LogP) is 1.90. The van der Waals surface area contributed by atoms with Crippen LogP contribution in [0.3, 0.4) is 0 Å². The van der Waals surface area contributed by atoms with E-state index in [1.54, 1.807) is 0 Å². The third-order valence-electron chi connectivity index (χ3n) is 5.96. The van der Waals surface area contributed by atoms with Gasteiger partial charge in [0.1, 0.15) is 0 Å². The van der Waals surface area contributed by atoms with Crippen molar-refractivity contribution >= 4 is 17.8 Å². The number of nitrogens with one attached hydrogen (secondary N) is 1. The summed E-state index contributed by atoms with van der Waals surface area (Å²) in [5.74, 6) is 1.89. The first kappa shape index (κ1) is 20.5. The van der Waals surface area contributed by atoms with Crippen molar-refractivity contribution < 1.29 is 9.53 Å². The van der Waals surface area contributed by atoms with Crippen LogP contribution in [0.5, 0.6) is 0 Å². The first-order valence-electron chi connectivity index (χ1n) is 10.7. The van der Waals surface area contributed by atoms with E-state index in [1.165, 1.54) is 0 Å². The van der Waals surface area contributed by atoms with E-state index in [0.717, 1.165) is 31.5 Å². The van der Waals surface area contributed by atoms with Crippen molar-refractivity contribution in [3.8, 4) is 0 Å². The van der Waals surface area contributed by atoms with Crippen LogP contribution in [0.1, 0.15) is 37.1 Å². The standard InChI is InChI=1S/C22H30N6O2/c1-27(2)20-24-18(25-21(26-20)28-12-6-7-13-28)16-23-19(29)22(10-14-30-15-11-22)17-8-4-3-5-9-17/h3-5,8-9H,6-7,10-16H2,1-2H3,(H,23,29). The van der Waals surface area contributed by atoms with Crippen LogP contribution in [0, 0.1) is 0 Å². The molecule has 2 aromatic rings. The van der Waals surface area contributed by atoms with Crippen molar-refractivity contribution in [1.29, 1.82) is 0 Å². The molecule has 0 radical (unpaired) electrons. The molecular weight excluding hydrogens is 380 g/mol. The second kappa shape index (κ2) is 8.95. The maximum atomic E-state index is 13.4. The van der Waals surface area contributed by atoms with Crippen LogP contribution < -0.4 is 15.1 Å². The van der Waals surface area contributed by atoms with Gasteiger partial charge in [0.2, 0.25) is 17.8 Å². The number of ether oxygens (including phenoxy) is 1.